The number of carboxylic acid groups (broad SMARTS) is 1. The second-order valence-corrected chi connectivity index (χ2v) is 7.45. The number of amides is 2. The summed E-state index contributed by atoms with van der Waals surface area (Å²) in [5.74, 6) is -1.72. The molecule has 2 aliphatic rings. The third-order valence-electron chi connectivity index (χ3n) is 3.76. The van der Waals surface area contributed by atoms with Gasteiger partial charge in [-0.3, -0.25) is 9.59 Å². The molecule has 0 aromatic rings. The van der Waals surface area contributed by atoms with Gasteiger partial charge in [-0.2, -0.15) is 0 Å². The Kier molecular flexibility index (Phi) is 4.21. The van der Waals surface area contributed by atoms with Gasteiger partial charge in [0.05, 0.1) is 0 Å². The Hall–Kier alpha value is -1.28. The summed E-state index contributed by atoms with van der Waals surface area (Å²) in [6.45, 7) is 7.40. The number of hydrogen-bond acceptors (Lipinski definition) is 5. The summed E-state index contributed by atoms with van der Waals surface area (Å²) in [4.78, 5) is 36.8. The Labute approximate surface area is 127 Å². The molecule has 4 unspecified atom stereocenters. The minimum absolute atomic E-state index is 0.327. The number of aliphatic carboxylic acids is 1. The molecular weight excluding hydrogens is 296 g/mol. The molecule has 118 valence electrons. The van der Waals surface area contributed by atoms with Gasteiger partial charge < -0.3 is 20.1 Å². The van der Waals surface area contributed by atoms with Crippen molar-refractivity contribution in [3.63, 3.8) is 0 Å². The Morgan fingerprint density at radius 1 is 1.52 bits per heavy atom. The minimum Gasteiger partial charge on any atom is -0.480 e. The molecule has 2 heterocycles. The predicted octanol–water partition coefficient (Wildman–Crippen LogP) is 0.0431. The van der Waals surface area contributed by atoms with Crippen LogP contribution in [0.4, 0.5) is 0 Å². The normalized spacial score (nSPS) is 31.3. The minimum atomic E-state index is -1.02. The van der Waals surface area contributed by atoms with Gasteiger partial charge in [0, 0.05) is 11.4 Å². The monoisotopic (exact) mass is 316 g/mol. The molecule has 0 bridgehead atoms. The lowest BCUT2D eigenvalue weighted by Crippen LogP contribution is -2.71. The van der Waals surface area contributed by atoms with Crippen LogP contribution in [-0.2, 0) is 19.1 Å². The van der Waals surface area contributed by atoms with Gasteiger partial charge in [0.25, 0.3) is 0 Å². The van der Waals surface area contributed by atoms with E-state index >= 15 is 0 Å². The van der Waals surface area contributed by atoms with E-state index in [0.29, 0.717) is 6.61 Å². The average molecular weight is 316 g/mol. The van der Waals surface area contributed by atoms with E-state index in [1.165, 1.54) is 16.7 Å². The first-order valence-corrected chi connectivity index (χ1v) is 7.73. The van der Waals surface area contributed by atoms with Crippen molar-refractivity contribution in [2.75, 3.05) is 6.61 Å². The van der Waals surface area contributed by atoms with Crippen LogP contribution < -0.4 is 5.32 Å². The summed E-state index contributed by atoms with van der Waals surface area (Å²) in [5.41, 5.74) is 0. The fourth-order valence-corrected chi connectivity index (χ4v) is 4.37. The molecule has 0 saturated carbocycles. The predicted molar refractivity (Wildman–Crippen MR) is 76.7 cm³/mol. The number of nitrogens with zero attached hydrogens (tertiary/aromatic N) is 1. The molecule has 21 heavy (non-hydrogen) atoms. The van der Waals surface area contributed by atoms with Crippen LogP contribution in [-0.4, -0.2) is 62.7 Å². The highest BCUT2D eigenvalue weighted by atomic mass is 32.2. The van der Waals surface area contributed by atoms with Gasteiger partial charge in [-0.25, -0.2) is 4.79 Å². The number of carboxylic acids is 1. The van der Waals surface area contributed by atoms with Gasteiger partial charge in [-0.05, 0) is 27.7 Å². The molecule has 2 N–H and O–H groups in total. The Balaban J connectivity index is 2.06. The van der Waals surface area contributed by atoms with E-state index in [1.54, 1.807) is 27.7 Å². The van der Waals surface area contributed by atoms with Gasteiger partial charge in [0.1, 0.15) is 23.6 Å². The summed E-state index contributed by atoms with van der Waals surface area (Å²) >= 11 is 1.40. The molecule has 0 aromatic heterocycles. The van der Waals surface area contributed by atoms with Crippen LogP contribution in [0.15, 0.2) is 0 Å². The summed E-state index contributed by atoms with van der Waals surface area (Å²) in [7, 11) is 0. The molecule has 8 heteroatoms. The lowest BCUT2D eigenvalue weighted by molar-refractivity contribution is -0.161. The van der Waals surface area contributed by atoms with Crippen molar-refractivity contribution in [3.05, 3.63) is 0 Å². The van der Waals surface area contributed by atoms with Crippen molar-refractivity contribution in [2.45, 2.75) is 56.0 Å². The fourth-order valence-electron chi connectivity index (χ4n) is 2.74. The molecule has 0 aromatic carbocycles. The number of carbonyl (C=O) groups is 3. The molecule has 0 radical (unpaired) electrons. The van der Waals surface area contributed by atoms with Gasteiger partial charge in [-0.1, -0.05) is 0 Å². The van der Waals surface area contributed by atoms with E-state index in [2.05, 4.69) is 5.32 Å². The smallest absolute Gasteiger partial charge is 0.327 e. The maximum absolute atomic E-state index is 12.2. The SMILES string of the molecule is CCOC(C)C(=O)NC1C(=O)N2C1SC(C)(C)C2C(=O)O. The van der Waals surface area contributed by atoms with E-state index in [-0.39, 0.29) is 17.2 Å². The van der Waals surface area contributed by atoms with E-state index in [9.17, 15) is 19.5 Å². The highest BCUT2D eigenvalue weighted by Crippen LogP contribution is 2.50. The lowest BCUT2D eigenvalue weighted by Gasteiger charge is -2.43. The number of rotatable bonds is 5. The second-order valence-electron chi connectivity index (χ2n) is 5.68. The molecule has 7 nitrogen and oxygen atoms in total. The third-order valence-corrected chi connectivity index (χ3v) is 5.33. The molecule has 4 atom stereocenters. The van der Waals surface area contributed by atoms with Crippen molar-refractivity contribution < 1.29 is 24.2 Å². The van der Waals surface area contributed by atoms with Crippen LogP contribution in [0.1, 0.15) is 27.7 Å². The summed E-state index contributed by atoms with van der Waals surface area (Å²) in [6.07, 6.45) is -0.633. The van der Waals surface area contributed by atoms with Crippen molar-refractivity contribution in [3.8, 4) is 0 Å². The zero-order chi connectivity index (χ0) is 15.9. The number of hydrogen-bond donors (Lipinski definition) is 2. The van der Waals surface area contributed by atoms with Crippen molar-refractivity contribution in [2.24, 2.45) is 0 Å². The largest absolute Gasteiger partial charge is 0.480 e. The fraction of sp³-hybridized carbons (Fsp3) is 0.769. The van der Waals surface area contributed by atoms with Gasteiger partial charge in [0.2, 0.25) is 11.8 Å². The topological polar surface area (TPSA) is 95.9 Å². The van der Waals surface area contributed by atoms with Gasteiger partial charge in [-0.15, -0.1) is 11.8 Å². The first-order chi connectivity index (χ1) is 9.70. The Morgan fingerprint density at radius 3 is 2.67 bits per heavy atom. The van der Waals surface area contributed by atoms with E-state index < -0.39 is 28.9 Å². The zero-order valence-corrected chi connectivity index (χ0v) is 13.3. The second kappa shape index (κ2) is 5.49. The number of carbonyl (C=O) groups excluding carboxylic acids is 2. The van der Waals surface area contributed by atoms with Crippen molar-refractivity contribution in [1.29, 1.82) is 0 Å². The van der Waals surface area contributed by atoms with Gasteiger partial charge >= 0.3 is 5.97 Å². The first kappa shape index (κ1) is 16.1. The molecule has 2 rings (SSSR count). The maximum Gasteiger partial charge on any atom is 0.327 e. The molecule has 0 spiro atoms. The average Bonchev–Trinajstić information content (AvgIpc) is 2.64. The number of thioether (sulfide) groups is 1. The van der Waals surface area contributed by atoms with Crippen molar-refractivity contribution >= 4 is 29.5 Å². The quantitative estimate of drug-likeness (QED) is 0.696. The Morgan fingerprint density at radius 2 is 2.14 bits per heavy atom. The van der Waals surface area contributed by atoms with Crippen LogP contribution in [0.25, 0.3) is 0 Å². The highest BCUT2D eigenvalue weighted by molar-refractivity contribution is 8.01. The molecular formula is C13H20N2O5S. The van der Waals surface area contributed by atoms with E-state index in [0.717, 1.165) is 0 Å². The number of nitrogens with one attached hydrogen (secondary N) is 1. The zero-order valence-electron chi connectivity index (χ0n) is 12.5. The first-order valence-electron chi connectivity index (χ1n) is 6.85. The number of fused-ring (bicyclic) bond motifs is 1. The third kappa shape index (κ3) is 2.62. The number of β-lactam (4-membered cyclic amide) rings is 1. The summed E-state index contributed by atoms with van der Waals surface area (Å²) < 4.78 is 4.60. The van der Waals surface area contributed by atoms with Gasteiger partial charge in [0.15, 0.2) is 0 Å². The number of ether oxygens (including phenoxy) is 1. The van der Waals surface area contributed by atoms with Crippen molar-refractivity contribution in [1.82, 2.24) is 10.2 Å². The van der Waals surface area contributed by atoms with Crippen LogP contribution in [0, 0.1) is 0 Å². The van der Waals surface area contributed by atoms with E-state index in [4.69, 9.17) is 4.74 Å². The van der Waals surface area contributed by atoms with Crippen LogP contribution >= 0.6 is 11.8 Å². The van der Waals surface area contributed by atoms with Crippen LogP contribution in [0.3, 0.4) is 0 Å². The maximum atomic E-state index is 12.2. The molecule has 2 saturated heterocycles. The summed E-state index contributed by atoms with van der Waals surface area (Å²) in [6, 6.07) is -1.54. The highest BCUT2D eigenvalue weighted by Gasteiger charge is 2.64. The lowest BCUT2D eigenvalue weighted by atomic mass is 9.96. The van der Waals surface area contributed by atoms with Crippen LogP contribution in [0.5, 0.6) is 0 Å². The molecule has 0 aliphatic carbocycles. The standard InChI is InChI=1S/C13H20N2O5S/c1-5-20-6(2)9(16)14-7-10(17)15-8(12(18)19)13(3,4)21-11(7)15/h6-8,11H,5H2,1-4H3,(H,14,16)(H,18,19). The van der Waals surface area contributed by atoms with E-state index in [1.807, 2.05) is 0 Å². The van der Waals surface area contributed by atoms with Crippen LogP contribution in [0.2, 0.25) is 0 Å². The molecule has 2 fully saturated rings. The Bertz CT molecular complexity index is 481. The molecule has 2 aliphatic heterocycles. The summed E-state index contributed by atoms with van der Waals surface area (Å²) in [5, 5.41) is 11.6. The molecule has 2 amide bonds.